The molecule has 0 radical (unpaired) electrons. The second kappa shape index (κ2) is 4.80. The van der Waals surface area contributed by atoms with E-state index in [9.17, 15) is 14.9 Å². The Kier molecular flexibility index (Phi) is 3.20. The highest BCUT2D eigenvalue weighted by atomic mass is 35.5. The highest BCUT2D eigenvalue weighted by Crippen LogP contribution is 2.12. The second-order valence-corrected chi connectivity index (χ2v) is 3.60. The number of rotatable bonds is 3. The molecule has 2 aromatic rings. The molecule has 2 rings (SSSR count). The van der Waals surface area contributed by atoms with Crippen molar-refractivity contribution in [2.24, 2.45) is 0 Å². The molecule has 0 saturated carbocycles. The molecule has 0 bridgehead atoms. The average molecular weight is 268 g/mol. The number of nitrogens with zero attached hydrogens (tertiary/aromatic N) is 3. The van der Waals surface area contributed by atoms with Crippen LogP contribution in [0.1, 0.15) is 10.5 Å². The number of nitrogens with one attached hydrogen (secondary N) is 2. The van der Waals surface area contributed by atoms with Crippen LogP contribution in [0, 0.1) is 10.1 Å². The molecule has 18 heavy (non-hydrogen) atoms. The van der Waals surface area contributed by atoms with Crippen molar-refractivity contribution in [1.82, 2.24) is 15.2 Å². The molecule has 0 fully saturated rings. The summed E-state index contributed by atoms with van der Waals surface area (Å²) in [5.41, 5.74) is 0.0541. The van der Waals surface area contributed by atoms with E-state index < -0.39 is 10.8 Å². The number of carbonyl (C=O) groups excluding carboxylic acids is 1. The van der Waals surface area contributed by atoms with E-state index in [0.717, 1.165) is 0 Å². The van der Waals surface area contributed by atoms with Gasteiger partial charge in [0.25, 0.3) is 5.91 Å². The van der Waals surface area contributed by atoms with Gasteiger partial charge in [0.15, 0.2) is 16.7 Å². The lowest BCUT2D eigenvalue weighted by Crippen LogP contribution is -2.13. The van der Waals surface area contributed by atoms with Crippen molar-refractivity contribution in [3.63, 3.8) is 0 Å². The fourth-order valence-electron chi connectivity index (χ4n) is 1.19. The van der Waals surface area contributed by atoms with Crippen LogP contribution < -0.4 is 5.32 Å². The molecular weight excluding hydrogens is 262 g/mol. The molecular formula is C9H6ClN5O3. The molecule has 2 heterocycles. The SMILES string of the molecule is O=C(Nc1ccc(Cl)nn1)c1ccc([N+](=O)[O-])[nH]1. The molecule has 0 aliphatic carbocycles. The number of carbonyl (C=O) groups is 1. The smallest absolute Gasteiger partial charge is 0.321 e. The number of hydrogen-bond donors (Lipinski definition) is 2. The molecule has 0 unspecified atom stereocenters. The summed E-state index contributed by atoms with van der Waals surface area (Å²) in [6.45, 7) is 0. The molecule has 1 amide bonds. The fourth-order valence-corrected chi connectivity index (χ4v) is 1.29. The van der Waals surface area contributed by atoms with E-state index in [1.54, 1.807) is 0 Å². The Labute approximate surface area is 105 Å². The Morgan fingerprint density at radius 2 is 2.11 bits per heavy atom. The Hall–Kier alpha value is -2.48. The molecule has 0 spiro atoms. The number of nitro groups is 1. The molecule has 0 aromatic carbocycles. The number of H-pyrrole nitrogens is 1. The van der Waals surface area contributed by atoms with Crippen LogP contribution in [0.5, 0.6) is 0 Å². The maximum Gasteiger partial charge on any atom is 0.321 e. The van der Waals surface area contributed by atoms with Crippen LogP contribution in [0.25, 0.3) is 0 Å². The summed E-state index contributed by atoms with van der Waals surface area (Å²) in [7, 11) is 0. The Morgan fingerprint density at radius 3 is 2.67 bits per heavy atom. The molecule has 8 nitrogen and oxygen atoms in total. The van der Waals surface area contributed by atoms with Crippen LogP contribution in [0.2, 0.25) is 5.15 Å². The lowest BCUT2D eigenvalue weighted by molar-refractivity contribution is -0.389. The minimum atomic E-state index is -0.626. The van der Waals surface area contributed by atoms with Crippen molar-refractivity contribution in [1.29, 1.82) is 0 Å². The summed E-state index contributed by atoms with van der Waals surface area (Å²) in [5.74, 6) is -0.622. The Morgan fingerprint density at radius 1 is 1.33 bits per heavy atom. The largest absolute Gasteiger partial charge is 0.358 e. The summed E-state index contributed by atoms with van der Waals surface area (Å²) in [6, 6.07) is 5.42. The van der Waals surface area contributed by atoms with Crippen molar-refractivity contribution in [2.75, 3.05) is 5.32 Å². The third kappa shape index (κ3) is 2.61. The van der Waals surface area contributed by atoms with Gasteiger partial charge in [-0.2, -0.15) is 0 Å². The molecule has 0 aliphatic rings. The first-order valence-corrected chi connectivity index (χ1v) is 5.08. The predicted octanol–water partition coefficient (Wildman–Crippen LogP) is 1.62. The second-order valence-electron chi connectivity index (χ2n) is 3.21. The predicted molar refractivity (Wildman–Crippen MR) is 62.4 cm³/mol. The van der Waals surface area contributed by atoms with E-state index in [4.69, 9.17) is 11.6 Å². The highest BCUT2D eigenvalue weighted by molar-refractivity contribution is 6.29. The van der Waals surface area contributed by atoms with Gasteiger partial charge in [0.2, 0.25) is 0 Å². The third-order valence-corrected chi connectivity index (χ3v) is 2.19. The molecule has 0 saturated heterocycles. The highest BCUT2D eigenvalue weighted by Gasteiger charge is 2.15. The van der Waals surface area contributed by atoms with Crippen LogP contribution in [-0.4, -0.2) is 26.0 Å². The monoisotopic (exact) mass is 267 g/mol. The quantitative estimate of drug-likeness (QED) is 0.648. The van der Waals surface area contributed by atoms with E-state index in [-0.39, 0.29) is 22.5 Å². The number of hydrogen-bond acceptors (Lipinski definition) is 5. The zero-order valence-electron chi connectivity index (χ0n) is 8.75. The van der Waals surface area contributed by atoms with Gasteiger partial charge in [-0.15, -0.1) is 10.2 Å². The first kappa shape index (κ1) is 12.0. The van der Waals surface area contributed by atoms with Crippen molar-refractivity contribution in [2.45, 2.75) is 0 Å². The van der Waals surface area contributed by atoms with Crippen molar-refractivity contribution < 1.29 is 9.72 Å². The summed E-state index contributed by atoms with van der Waals surface area (Å²) < 4.78 is 0. The van der Waals surface area contributed by atoms with Crippen LogP contribution in [0.15, 0.2) is 24.3 Å². The number of halogens is 1. The van der Waals surface area contributed by atoms with Gasteiger partial charge in [-0.3, -0.25) is 4.79 Å². The minimum Gasteiger partial charge on any atom is -0.358 e. The average Bonchev–Trinajstić information content (AvgIpc) is 2.81. The zero-order chi connectivity index (χ0) is 13.1. The van der Waals surface area contributed by atoms with Crippen LogP contribution in [0.4, 0.5) is 11.6 Å². The van der Waals surface area contributed by atoms with Gasteiger partial charge in [0.05, 0.1) is 0 Å². The van der Waals surface area contributed by atoms with Gasteiger partial charge >= 0.3 is 5.82 Å². The molecule has 9 heteroatoms. The Balaban J connectivity index is 2.11. The number of aromatic amines is 1. The van der Waals surface area contributed by atoms with Gasteiger partial charge in [0, 0.05) is 6.07 Å². The van der Waals surface area contributed by atoms with Crippen molar-refractivity contribution >= 4 is 29.1 Å². The van der Waals surface area contributed by atoms with Crippen LogP contribution in [-0.2, 0) is 0 Å². The molecule has 92 valence electrons. The lowest BCUT2D eigenvalue weighted by atomic mass is 10.4. The van der Waals surface area contributed by atoms with E-state index >= 15 is 0 Å². The van der Waals surface area contributed by atoms with Gasteiger partial charge < -0.3 is 15.4 Å². The van der Waals surface area contributed by atoms with Crippen molar-refractivity contribution in [3.8, 4) is 0 Å². The summed E-state index contributed by atoms with van der Waals surface area (Å²) in [5, 5.41) is 20.2. The van der Waals surface area contributed by atoms with E-state index in [2.05, 4.69) is 20.5 Å². The number of amides is 1. The topological polar surface area (TPSA) is 114 Å². The summed E-state index contributed by atoms with van der Waals surface area (Å²) >= 11 is 5.54. The first-order chi connectivity index (χ1) is 8.56. The standard InChI is InChI=1S/C9H6ClN5O3/c10-6-2-3-7(14-13-6)12-9(16)5-1-4-8(11-5)15(17)18/h1-4,11H,(H,12,14,16). The maximum atomic E-state index is 11.7. The minimum absolute atomic E-state index is 0.0541. The number of anilines is 1. The zero-order valence-corrected chi connectivity index (χ0v) is 9.51. The molecule has 2 aromatic heterocycles. The van der Waals surface area contributed by atoms with Crippen molar-refractivity contribution in [3.05, 3.63) is 45.2 Å². The first-order valence-electron chi connectivity index (χ1n) is 4.70. The summed E-state index contributed by atoms with van der Waals surface area (Å²) in [4.78, 5) is 23.8. The van der Waals surface area contributed by atoms with E-state index in [1.807, 2.05) is 0 Å². The fraction of sp³-hybridized carbons (Fsp3) is 0. The van der Waals surface area contributed by atoms with Gasteiger partial charge in [0.1, 0.15) is 0 Å². The van der Waals surface area contributed by atoms with Crippen LogP contribution >= 0.6 is 11.6 Å². The van der Waals surface area contributed by atoms with Gasteiger partial charge in [-0.25, -0.2) is 4.98 Å². The van der Waals surface area contributed by atoms with Gasteiger partial charge in [-0.05, 0) is 23.1 Å². The van der Waals surface area contributed by atoms with Crippen LogP contribution in [0.3, 0.4) is 0 Å². The number of aromatic nitrogens is 3. The maximum absolute atomic E-state index is 11.7. The van der Waals surface area contributed by atoms with E-state index in [1.165, 1.54) is 24.3 Å². The Bertz CT molecular complexity index is 595. The normalized spacial score (nSPS) is 10.1. The lowest BCUT2D eigenvalue weighted by Gasteiger charge is -1.99. The third-order valence-electron chi connectivity index (χ3n) is 1.99. The molecule has 0 aliphatic heterocycles. The van der Waals surface area contributed by atoms with E-state index in [0.29, 0.717) is 0 Å². The molecule has 2 N–H and O–H groups in total. The summed E-state index contributed by atoms with van der Waals surface area (Å²) in [6.07, 6.45) is 0. The molecule has 0 atom stereocenters. The van der Waals surface area contributed by atoms with Gasteiger partial charge in [-0.1, -0.05) is 11.6 Å².